The van der Waals surface area contributed by atoms with Gasteiger partial charge in [0.2, 0.25) is 0 Å². The second kappa shape index (κ2) is 7.41. The average Bonchev–Trinajstić information content (AvgIpc) is 2.93. The summed E-state index contributed by atoms with van der Waals surface area (Å²) in [6.07, 6.45) is 4.02. The van der Waals surface area contributed by atoms with Crippen LogP contribution in [0.15, 0.2) is 30.5 Å². The van der Waals surface area contributed by atoms with Crippen molar-refractivity contribution in [2.45, 2.75) is 39.3 Å². The predicted molar refractivity (Wildman–Crippen MR) is 84.5 cm³/mol. The molecular weight excluding hydrogens is 268 g/mol. The van der Waals surface area contributed by atoms with Crippen molar-refractivity contribution in [1.82, 2.24) is 10.3 Å². The second-order valence-corrected chi connectivity index (χ2v) is 6.14. The Labute approximate surface area is 125 Å². The molecule has 1 aromatic carbocycles. The van der Waals surface area contributed by atoms with E-state index in [9.17, 15) is 0 Å². The highest BCUT2D eigenvalue weighted by atomic mass is 32.1. The van der Waals surface area contributed by atoms with Gasteiger partial charge in [0.05, 0.1) is 12.1 Å². The van der Waals surface area contributed by atoms with Crippen LogP contribution in [0.4, 0.5) is 0 Å². The first-order valence-electron chi connectivity index (χ1n) is 7.01. The number of hydrogen-bond acceptors (Lipinski definition) is 4. The topological polar surface area (TPSA) is 34.2 Å². The van der Waals surface area contributed by atoms with Crippen LogP contribution < -0.4 is 10.1 Å². The number of rotatable bonds is 7. The molecule has 0 aliphatic carbocycles. The molecule has 1 atom stereocenters. The minimum absolute atomic E-state index is 0.558. The third-order valence-corrected chi connectivity index (χ3v) is 4.35. The van der Waals surface area contributed by atoms with Crippen molar-refractivity contribution in [2.24, 2.45) is 0 Å². The van der Waals surface area contributed by atoms with Crippen LogP contribution in [0.25, 0.3) is 0 Å². The molecule has 1 aromatic heterocycles. The molecular formula is C16H22N2OS. The lowest BCUT2D eigenvalue weighted by Gasteiger charge is -2.08. The fourth-order valence-electron chi connectivity index (χ4n) is 1.85. The first-order valence-corrected chi connectivity index (χ1v) is 7.82. The van der Waals surface area contributed by atoms with Gasteiger partial charge in [-0.3, -0.25) is 0 Å². The number of aromatic nitrogens is 1. The molecule has 0 bridgehead atoms. The number of ether oxygens (including phenoxy) is 1. The number of hydrogen-bond donors (Lipinski definition) is 1. The van der Waals surface area contributed by atoms with E-state index in [1.807, 2.05) is 18.3 Å². The number of thiazole rings is 1. The van der Waals surface area contributed by atoms with Gasteiger partial charge in [-0.2, -0.15) is 0 Å². The Balaban J connectivity index is 1.91. The maximum atomic E-state index is 5.17. The van der Waals surface area contributed by atoms with E-state index < -0.39 is 0 Å². The van der Waals surface area contributed by atoms with Crippen molar-refractivity contribution in [3.63, 3.8) is 0 Å². The van der Waals surface area contributed by atoms with E-state index >= 15 is 0 Å². The van der Waals surface area contributed by atoms with Gasteiger partial charge in [-0.1, -0.05) is 19.1 Å². The molecule has 2 aromatic rings. The van der Waals surface area contributed by atoms with Crippen molar-refractivity contribution < 1.29 is 4.74 Å². The SMILES string of the molecule is CCC(C)NCc1cnc(Cc2ccc(OC)cc2)s1. The first-order chi connectivity index (χ1) is 9.71. The summed E-state index contributed by atoms with van der Waals surface area (Å²) >= 11 is 1.79. The summed E-state index contributed by atoms with van der Waals surface area (Å²) in [4.78, 5) is 5.80. The Bertz CT molecular complexity index is 522. The Morgan fingerprint density at radius 2 is 2.05 bits per heavy atom. The van der Waals surface area contributed by atoms with Crippen LogP contribution in [0.2, 0.25) is 0 Å². The molecule has 0 fully saturated rings. The number of methoxy groups -OCH3 is 1. The van der Waals surface area contributed by atoms with E-state index in [1.54, 1.807) is 18.4 Å². The molecule has 1 N–H and O–H groups in total. The van der Waals surface area contributed by atoms with Crippen molar-refractivity contribution in [3.8, 4) is 5.75 Å². The molecule has 20 heavy (non-hydrogen) atoms. The predicted octanol–water partition coefficient (Wildman–Crippen LogP) is 3.63. The number of nitrogens with zero attached hydrogens (tertiary/aromatic N) is 1. The van der Waals surface area contributed by atoms with Crippen LogP contribution in [0.1, 0.15) is 35.7 Å². The molecule has 3 nitrogen and oxygen atoms in total. The van der Waals surface area contributed by atoms with E-state index in [4.69, 9.17) is 4.74 Å². The van der Waals surface area contributed by atoms with Gasteiger partial charge in [0.15, 0.2) is 0 Å². The van der Waals surface area contributed by atoms with Crippen LogP contribution in [0.5, 0.6) is 5.75 Å². The van der Waals surface area contributed by atoms with Crippen LogP contribution in [-0.4, -0.2) is 18.1 Å². The molecule has 1 unspecified atom stereocenters. The Morgan fingerprint density at radius 1 is 1.30 bits per heavy atom. The molecule has 2 rings (SSSR count). The van der Waals surface area contributed by atoms with Gasteiger partial charge in [-0.25, -0.2) is 4.98 Å². The van der Waals surface area contributed by atoms with Crippen LogP contribution in [0, 0.1) is 0 Å². The average molecular weight is 290 g/mol. The summed E-state index contributed by atoms with van der Waals surface area (Å²) in [6, 6.07) is 8.74. The van der Waals surface area contributed by atoms with Crippen LogP contribution >= 0.6 is 11.3 Å². The summed E-state index contributed by atoms with van der Waals surface area (Å²) < 4.78 is 5.17. The van der Waals surface area contributed by atoms with Gasteiger partial charge in [0.1, 0.15) is 5.75 Å². The van der Waals surface area contributed by atoms with Gasteiger partial charge < -0.3 is 10.1 Å². The highest BCUT2D eigenvalue weighted by Gasteiger charge is 2.05. The lowest BCUT2D eigenvalue weighted by molar-refractivity contribution is 0.414. The quantitative estimate of drug-likeness (QED) is 0.845. The minimum atomic E-state index is 0.558. The molecule has 0 saturated carbocycles. The first kappa shape index (κ1) is 15.0. The lowest BCUT2D eigenvalue weighted by Crippen LogP contribution is -2.23. The minimum Gasteiger partial charge on any atom is -0.497 e. The zero-order valence-corrected chi connectivity index (χ0v) is 13.2. The van der Waals surface area contributed by atoms with E-state index in [0.29, 0.717) is 6.04 Å². The van der Waals surface area contributed by atoms with Crippen molar-refractivity contribution in [2.75, 3.05) is 7.11 Å². The molecule has 0 saturated heterocycles. The van der Waals surface area contributed by atoms with E-state index in [0.717, 1.165) is 30.1 Å². The maximum Gasteiger partial charge on any atom is 0.118 e. The number of benzene rings is 1. The highest BCUT2D eigenvalue weighted by molar-refractivity contribution is 7.11. The second-order valence-electron chi connectivity index (χ2n) is 4.94. The monoisotopic (exact) mass is 290 g/mol. The van der Waals surface area contributed by atoms with Gasteiger partial charge in [0.25, 0.3) is 0 Å². The fraction of sp³-hybridized carbons (Fsp3) is 0.438. The van der Waals surface area contributed by atoms with E-state index in [-0.39, 0.29) is 0 Å². The smallest absolute Gasteiger partial charge is 0.118 e. The summed E-state index contributed by atoms with van der Waals surface area (Å²) in [6.45, 7) is 5.31. The van der Waals surface area contributed by atoms with Crippen molar-refractivity contribution in [1.29, 1.82) is 0 Å². The van der Waals surface area contributed by atoms with Crippen LogP contribution in [-0.2, 0) is 13.0 Å². The molecule has 1 heterocycles. The summed E-state index contributed by atoms with van der Waals surface area (Å²) in [5.41, 5.74) is 1.27. The summed E-state index contributed by atoms with van der Waals surface area (Å²) in [7, 11) is 1.69. The zero-order chi connectivity index (χ0) is 14.4. The van der Waals surface area contributed by atoms with Gasteiger partial charge >= 0.3 is 0 Å². The zero-order valence-electron chi connectivity index (χ0n) is 12.3. The molecule has 0 aliphatic rings. The standard InChI is InChI=1S/C16H22N2OS/c1-4-12(2)17-10-15-11-18-16(20-15)9-13-5-7-14(19-3)8-6-13/h5-8,11-12,17H,4,9-10H2,1-3H3. The maximum absolute atomic E-state index is 5.17. The molecule has 0 radical (unpaired) electrons. The largest absolute Gasteiger partial charge is 0.497 e. The molecule has 0 aliphatic heterocycles. The Morgan fingerprint density at radius 3 is 2.70 bits per heavy atom. The van der Waals surface area contributed by atoms with Gasteiger partial charge in [-0.05, 0) is 31.0 Å². The summed E-state index contributed by atoms with van der Waals surface area (Å²) in [5, 5.41) is 4.66. The van der Waals surface area contributed by atoms with Crippen LogP contribution in [0.3, 0.4) is 0 Å². The normalized spacial score (nSPS) is 12.3. The van der Waals surface area contributed by atoms with Gasteiger partial charge in [0, 0.05) is 30.1 Å². The third-order valence-electron chi connectivity index (χ3n) is 3.35. The summed E-state index contributed by atoms with van der Waals surface area (Å²) in [5.74, 6) is 0.895. The third kappa shape index (κ3) is 4.32. The highest BCUT2D eigenvalue weighted by Crippen LogP contribution is 2.19. The Kier molecular flexibility index (Phi) is 5.56. The number of nitrogens with one attached hydrogen (secondary N) is 1. The van der Waals surface area contributed by atoms with Gasteiger partial charge in [-0.15, -0.1) is 11.3 Å². The molecule has 4 heteroatoms. The fourth-order valence-corrected chi connectivity index (χ4v) is 2.76. The molecule has 0 spiro atoms. The molecule has 0 amide bonds. The van der Waals surface area contributed by atoms with E-state index in [2.05, 4.69) is 36.3 Å². The van der Waals surface area contributed by atoms with Crippen molar-refractivity contribution >= 4 is 11.3 Å². The van der Waals surface area contributed by atoms with E-state index in [1.165, 1.54) is 10.4 Å². The Hall–Kier alpha value is -1.39. The lowest BCUT2D eigenvalue weighted by atomic mass is 10.1. The molecule has 108 valence electrons. The van der Waals surface area contributed by atoms with Crippen molar-refractivity contribution in [3.05, 3.63) is 45.9 Å².